The van der Waals surface area contributed by atoms with Gasteiger partial charge < -0.3 is 10.6 Å². The molecule has 2 unspecified atom stereocenters. The fourth-order valence-corrected chi connectivity index (χ4v) is 4.17. The molecule has 1 aromatic heterocycles. The number of rotatable bonds is 5. The summed E-state index contributed by atoms with van der Waals surface area (Å²) in [5.74, 6) is 0.511. The van der Waals surface area contributed by atoms with Crippen LogP contribution >= 0.6 is 0 Å². The van der Waals surface area contributed by atoms with Crippen LogP contribution in [0.5, 0.6) is 0 Å². The van der Waals surface area contributed by atoms with Crippen LogP contribution in [-0.2, 0) is 4.79 Å². The van der Waals surface area contributed by atoms with Crippen molar-refractivity contribution in [1.82, 2.24) is 25.7 Å². The summed E-state index contributed by atoms with van der Waals surface area (Å²) < 4.78 is 1.66. The first-order valence-corrected chi connectivity index (χ1v) is 10.9. The summed E-state index contributed by atoms with van der Waals surface area (Å²) in [6.07, 6.45) is 6.32. The molecule has 1 saturated carbocycles. The van der Waals surface area contributed by atoms with Gasteiger partial charge >= 0.3 is 6.03 Å². The minimum absolute atomic E-state index is 0.0278. The zero-order valence-electron chi connectivity index (χ0n) is 17.4. The molecule has 1 aliphatic carbocycles. The van der Waals surface area contributed by atoms with Crippen molar-refractivity contribution in [1.29, 1.82) is 0 Å². The summed E-state index contributed by atoms with van der Waals surface area (Å²) in [5.41, 5.74) is 1.68. The summed E-state index contributed by atoms with van der Waals surface area (Å²) in [5, 5.41) is 17.1. The highest BCUT2D eigenvalue weighted by Crippen LogP contribution is 2.25. The van der Waals surface area contributed by atoms with E-state index in [-0.39, 0.29) is 24.0 Å². The molecule has 8 nitrogen and oxygen atoms in total. The maximum atomic E-state index is 12.7. The molecule has 0 spiro atoms. The molecule has 4 rings (SSSR count). The van der Waals surface area contributed by atoms with Gasteiger partial charge in [-0.05, 0) is 19.3 Å². The van der Waals surface area contributed by atoms with Gasteiger partial charge in [-0.3, -0.25) is 15.4 Å². The van der Waals surface area contributed by atoms with Crippen LogP contribution in [0.25, 0.3) is 11.3 Å². The van der Waals surface area contributed by atoms with E-state index in [1.54, 1.807) is 4.68 Å². The number of anilines is 1. The Labute approximate surface area is 176 Å². The molecule has 1 aromatic carbocycles. The second kappa shape index (κ2) is 9.30. The summed E-state index contributed by atoms with van der Waals surface area (Å²) >= 11 is 0. The molecule has 160 valence electrons. The van der Waals surface area contributed by atoms with Crippen LogP contribution in [0.4, 0.5) is 10.6 Å². The molecule has 2 fully saturated rings. The average Bonchev–Trinajstić information content (AvgIpc) is 3.18. The Morgan fingerprint density at radius 2 is 1.97 bits per heavy atom. The number of carbonyl (C=O) groups excluding carboxylic acids is 2. The van der Waals surface area contributed by atoms with Crippen molar-refractivity contribution < 1.29 is 9.59 Å². The highest BCUT2D eigenvalue weighted by atomic mass is 16.2. The number of benzene rings is 1. The molecule has 2 aliphatic rings. The number of carbonyl (C=O) groups is 2. The van der Waals surface area contributed by atoms with Crippen molar-refractivity contribution in [2.45, 2.75) is 70.2 Å². The van der Waals surface area contributed by atoms with E-state index < -0.39 is 6.29 Å². The smallest absolute Gasteiger partial charge is 0.320 e. The lowest BCUT2D eigenvalue weighted by Gasteiger charge is -2.32. The molecule has 0 bridgehead atoms. The highest BCUT2D eigenvalue weighted by molar-refractivity contribution is 5.89. The predicted molar refractivity (Wildman–Crippen MR) is 116 cm³/mol. The molecule has 2 heterocycles. The van der Waals surface area contributed by atoms with Crippen molar-refractivity contribution >= 4 is 17.8 Å². The SMILES string of the molecule is CCC1CC(=O)NC(n2nc(-c3ccccc3)cc2NC(=O)NC2CCCCC2)N1. The highest BCUT2D eigenvalue weighted by Gasteiger charge is 2.29. The molecule has 3 amide bonds. The van der Waals surface area contributed by atoms with Gasteiger partial charge in [-0.2, -0.15) is 5.10 Å². The van der Waals surface area contributed by atoms with Crippen LogP contribution in [0.3, 0.4) is 0 Å². The zero-order chi connectivity index (χ0) is 20.9. The largest absolute Gasteiger partial charge is 0.335 e. The number of urea groups is 1. The van der Waals surface area contributed by atoms with Gasteiger partial charge in [-0.25, -0.2) is 9.48 Å². The number of nitrogens with one attached hydrogen (secondary N) is 4. The van der Waals surface area contributed by atoms with Crippen LogP contribution < -0.4 is 21.3 Å². The van der Waals surface area contributed by atoms with Crippen molar-refractivity contribution in [2.75, 3.05) is 5.32 Å². The van der Waals surface area contributed by atoms with Crippen LogP contribution in [0.2, 0.25) is 0 Å². The molecule has 8 heteroatoms. The molecular formula is C22H30N6O2. The van der Waals surface area contributed by atoms with Gasteiger partial charge in [0.25, 0.3) is 0 Å². The van der Waals surface area contributed by atoms with Gasteiger partial charge in [-0.1, -0.05) is 56.5 Å². The molecule has 0 radical (unpaired) electrons. The monoisotopic (exact) mass is 410 g/mol. The van der Waals surface area contributed by atoms with E-state index in [1.165, 1.54) is 6.42 Å². The minimum Gasteiger partial charge on any atom is -0.335 e. The van der Waals surface area contributed by atoms with Gasteiger partial charge in [0.2, 0.25) is 5.91 Å². The first-order chi connectivity index (χ1) is 14.6. The van der Waals surface area contributed by atoms with E-state index in [1.807, 2.05) is 43.3 Å². The van der Waals surface area contributed by atoms with Crippen molar-refractivity contribution in [3.63, 3.8) is 0 Å². The van der Waals surface area contributed by atoms with Crippen molar-refractivity contribution in [3.8, 4) is 11.3 Å². The lowest BCUT2D eigenvalue weighted by Crippen LogP contribution is -2.53. The summed E-state index contributed by atoms with van der Waals surface area (Å²) in [7, 11) is 0. The summed E-state index contributed by atoms with van der Waals surface area (Å²) in [6, 6.07) is 11.7. The second-order valence-corrected chi connectivity index (χ2v) is 8.10. The number of hydrogen-bond donors (Lipinski definition) is 4. The third kappa shape index (κ3) is 4.81. The van der Waals surface area contributed by atoms with Gasteiger partial charge in [0.05, 0.1) is 5.69 Å². The first kappa shape index (κ1) is 20.4. The first-order valence-electron chi connectivity index (χ1n) is 10.9. The number of amides is 3. The fraction of sp³-hybridized carbons (Fsp3) is 0.500. The maximum absolute atomic E-state index is 12.7. The normalized spacial score (nSPS) is 22.4. The van der Waals surface area contributed by atoms with Crippen LogP contribution in [0, 0.1) is 0 Å². The molecule has 1 saturated heterocycles. The Balaban J connectivity index is 1.58. The predicted octanol–water partition coefficient (Wildman–Crippen LogP) is 3.35. The number of aromatic nitrogens is 2. The second-order valence-electron chi connectivity index (χ2n) is 8.10. The van der Waals surface area contributed by atoms with E-state index in [0.29, 0.717) is 12.2 Å². The lowest BCUT2D eigenvalue weighted by molar-refractivity contribution is -0.125. The number of hydrogen-bond acceptors (Lipinski definition) is 4. The van der Waals surface area contributed by atoms with Crippen LogP contribution in [0.1, 0.15) is 58.2 Å². The van der Waals surface area contributed by atoms with Gasteiger partial charge in [0.1, 0.15) is 5.82 Å². The molecule has 2 aromatic rings. The van der Waals surface area contributed by atoms with Gasteiger partial charge in [-0.15, -0.1) is 0 Å². The van der Waals surface area contributed by atoms with E-state index in [2.05, 4.69) is 21.3 Å². The summed E-state index contributed by atoms with van der Waals surface area (Å²) in [4.78, 5) is 24.9. The summed E-state index contributed by atoms with van der Waals surface area (Å²) in [6.45, 7) is 2.04. The lowest BCUT2D eigenvalue weighted by atomic mass is 9.96. The van der Waals surface area contributed by atoms with Crippen LogP contribution in [-0.4, -0.2) is 33.8 Å². The van der Waals surface area contributed by atoms with E-state index >= 15 is 0 Å². The quantitative estimate of drug-likeness (QED) is 0.607. The molecule has 2 atom stereocenters. The van der Waals surface area contributed by atoms with E-state index in [9.17, 15) is 9.59 Å². The molecule has 1 aliphatic heterocycles. The Hall–Kier alpha value is -2.87. The Morgan fingerprint density at radius 1 is 1.20 bits per heavy atom. The standard InChI is InChI=1S/C22H30N6O2/c1-2-16-13-20(29)26-21(23-16)28-19(14-18(27-28)15-9-5-3-6-10-15)25-22(30)24-17-11-7-4-8-12-17/h3,5-6,9-10,14,16-17,21,23H,2,4,7-8,11-13H2,1H3,(H,26,29)(H2,24,25,30). The van der Waals surface area contributed by atoms with Gasteiger partial charge in [0.15, 0.2) is 6.29 Å². The van der Waals surface area contributed by atoms with Crippen LogP contribution in [0.15, 0.2) is 36.4 Å². The maximum Gasteiger partial charge on any atom is 0.320 e. The van der Waals surface area contributed by atoms with Gasteiger partial charge in [0, 0.05) is 30.1 Å². The molecular weight excluding hydrogens is 380 g/mol. The van der Waals surface area contributed by atoms with Crippen molar-refractivity contribution in [2.24, 2.45) is 0 Å². The van der Waals surface area contributed by atoms with Crippen molar-refractivity contribution in [3.05, 3.63) is 36.4 Å². The van der Waals surface area contributed by atoms with E-state index in [4.69, 9.17) is 5.10 Å². The molecule has 4 N–H and O–H groups in total. The Morgan fingerprint density at radius 3 is 2.70 bits per heavy atom. The fourth-order valence-electron chi connectivity index (χ4n) is 4.17. The Kier molecular flexibility index (Phi) is 6.32. The molecule has 30 heavy (non-hydrogen) atoms. The topological polar surface area (TPSA) is 100 Å². The Bertz CT molecular complexity index is 875. The third-order valence-electron chi connectivity index (χ3n) is 5.85. The number of nitrogens with zero attached hydrogens (tertiary/aromatic N) is 2. The zero-order valence-corrected chi connectivity index (χ0v) is 17.4. The minimum atomic E-state index is -0.515. The van der Waals surface area contributed by atoms with E-state index in [0.717, 1.165) is 43.4 Å². The average molecular weight is 411 g/mol. The third-order valence-corrected chi connectivity index (χ3v) is 5.85.